The quantitative estimate of drug-likeness (QED) is 0.553. The summed E-state index contributed by atoms with van der Waals surface area (Å²) in [6, 6.07) is 2.64. The second-order valence-electron chi connectivity index (χ2n) is 10.5. The lowest BCUT2D eigenvalue weighted by atomic mass is 9.97. The lowest BCUT2D eigenvalue weighted by Gasteiger charge is -2.26. The lowest BCUT2D eigenvalue weighted by molar-refractivity contribution is -0.137. The minimum absolute atomic E-state index is 0.0145. The third-order valence-corrected chi connectivity index (χ3v) is 8.36. The van der Waals surface area contributed by atoms with Gasteiger partial charge in [0.25, 0.3) is 0 Å². The average Bonchev–Trinajstić information content (AvgIpc) is 3.34. The van der Waals surface area contributed by atoms with E-state index in [1.54, 1.807) is 20.8 Å². The Morgan fingerprint density at radius 3 is 2.47 bits per heavy atom. The van der Waals surface area contributed by atoms with E-state index in [4.69, 9.17) is 4.74 Å². The number of ether oxygens (including phenoxy) is 1. The molecule has 4 atom stereocenters. The molecule has 202 valence electrons. The summed E-state index contributed by atoms with van der Waals surface area (Å²) in [5.41, 5.74) is -1.73. The Morgan fingerprint density at radius 1 is 1.17 bits per heavy atom. The number of sulfonamides is 1. The van der Waals surface area contributed by atoms with Gasteiger partial charge in [0.1, 0.15) is 11.6 Å². The summed E-state index contributed by atoms with van der Waals surface area (Å²) in [6.45, 7) is 7.34. The van der Waals surface area contributed by atoms with Crippen molar-refractivity contribution in [2.24, 2.45) is 11.8 Å². The highest BCUT2D eigenvalue weighted by Gasteiger charge is 2.47. The second kappa shape index (κ2) is 10.6. The largest absolute Gasteiger partial charge is 0.444 e. The molecular weight excluding hydrogens is 499 g/mol. The lowest BCUT2D eigenvalue weighted by Crippen LogP contribution is -2.51. The van der Waals surface area contributed by atoms with Crippen molar-refractivity contribution in [3.05, 3.63) is 29.8 Å². The predicted octanol–water partition coefficient (Wildman–Crippen LogP) is 3.91. The fourth-order valence-electron chi connectivity index (χ4n) is 4.87. The fourth-order valence-corrected chi connectivity index (χ4v) is 6.45. The maximum absolute atomic E-state index is 13.1. The number of nitrogens with zero attached hydrogens (tertiary/aromatic N) is 1. The summed E-state index contributed by atoms with van der Waals surface area (Å²) in [6.07, 6.45) is -2.95. The molecule has 1 aliphatic heterocycles. The maximum atomic E-state index is 13.1. The summed E-state index contributed by atoms with van der Waals surface area (Å²) in [5, 5.41) is 5.57. The number of hydrogen-bond donors (Lipinski definition) is 2. The number of rotatable bonds is 7. The van der Waals surface area contributed by atoms with E-state index >= 15 is 0 Å². The Kier molecular flexibility index (Phi) is 8.29. The molecule has 1 aromatic carbocycles. The highest BCUT2D eigenvalue weighted by atomic mass is 32.2. The van der Waals surface area contributed by atoms with E-state index in [9.17, 15) is 31.2 Å². The van der Waals surface area contributed by atoms with Gasteiger partial charge in [-0.05, 0) is 70.1 Å². The molecule has 1 aliphatic carbocycles. The molecule has 2 aliphatic rings. The van der Waals surface area contributed by atoms with Gasteiger partial charge in [0, 0.05) is 19.1 Å². The van der Waals surface area contributed by atoms with Crippen molar-refractivity contribution in [1.82, 2.24) is 14.9 Å². The highest BCUT2D eigenvalue weighted by molar-refractivity contribution is 7.89. The van der Waals surface area contributed by atoms with Gasteiger partial charge in [-0.25, -0.2) is 13.2 Å². The molecule has 1 saturated carbocycles. The molecule has 2 N–H and O–H groups in total. The molecule has 0 bridgehead atoms. The van der Waals surface area contributed by atoms with Crippen LogP contribution < -0.4 is 10.6 Å². The summed E-state index contributed by atoms with van der Waals surface area (Å²) in [5.74, 6) is -0.551. The zero-order valence-electron chi connectivity index (χ0n) is 20.9. The Hall–Kier alpha value is -2.34. The zero-order chi connectivity index (χ0) is 26.9. The first-order chi connectivity index (χ1) is 16.6. The van der Waals surface area contributed by atoms with Gasteiger partial charge < -0.3 is 15.4 Å². The van der Waals surface area contributed by atoms with Gasteiger partial charge in [0.05, 0.1) is 10.5 Å². The third kappa shape index (κ3) is 6.70. The Bertz CT molecular complexity index is 1070. The summed E-state index contributed by atoms with van der Waals surface area (Å²) in [7, 11) is -4.13. The van der Waals surface area contributed by atoms with E-state index in [0.29, 0.717) is 31.7 Å². The molecule has 2 amide bonds. The van der Waals surface area contributed by atoms with Crippen LogP contribution in [0.3, 0.4) is 0 Å². The van der Waals surface area contributed by atoms with Crippen molar-refractivity contribution in [1.29, 1.82) is 0 Å². The average molecular weight is 534 g/mol. The first kappa shape index (κ1) is 28.2. The van der Waals surface area contributed by atoms with Gasteiger partial charge in [0.2, 0.25) is 15.9 Å². The van der Waals surface area contributed by atoms with Crippen LogP contribution in [0.25, 0.3) is 0 Å². The summed E-state index contributed by atoms with van der Waals surface area (Å²) in [4.78, 5) is 24.8. The normalized spacial score (nSPS) is 23.7. The standard InChI is InChI=1S/C24H34F3N3O5S/c1-5-7-20(29-22(32)35-23(2,3)4)21(31)28-19-11-10-15-13-30(14-18(15)19)36(33,34)17-9-6-8-16(12-17)24(25,26)27/h6,8-9,12,15,18-20H,5,7,10-11,13-14H2,1-4H3,(H,28,31)(H,29,32)/t15-,18+,19+,20-/m0/s1. The van der Waals surface area contributed by atoms with Gasteiger partial charge in [0.15, 0.2) is 0 Å². The predicted molar refractivity (Wildman–Crippen MR) is 126 cm³/mol. The third-order valence-electron chi connectivity index (χ3n) is 6.53. The number of alkyl carbamates (subject to hydrolysis) is 1. The number of amides is 2. The molecule has 36 heavy (non-hydrogen) atoms. The second-order valence-corrected chi connectivity index (χ2v) is 12.4. The number of carbonyl (C=O) groups is 2. The molecule has 12 heteroatoms. The van der Waals surface area contributed by atoms with Crippen LogP contribution in [0.1, 0.15) is 58.9 Å². The van der Waals surface area contributed by atoms with Crippen LogP contribution in [0.4, 0.5) is 18.0 Å². The van der Waals surface area contributed by atoms with E-state index in [0.717, 1.165) is 18.2 Å². The molecule has 3 rings (SSSR count). The molecule has 0 spiro atoms. The van der Waals surface area contributed by atoms with Crippen molar-refractivity contribution in [2.45, 2.75) is 82.1 Å². The minimum Gasteiger partial charge on any atom is -0.444 e. The van der Waals surface area contributed by atoms with Crippen molar-refractivity contribution in [3.63, 3.8) is 0 Å². The van der Waals surface area contributed by atoms with Crippen LogP contribution in [-0.2, 0) is 25.7 Å². The Morgan fingerprint density at radius 2 is 1.86 bits per heavy atom. The van der Waals surface area contributed by atoms with Crippen LogP contribution in [0, 0.1) is 11.8 Å². The number of fused-ring (bicyclic) bond motifs is 1. The van der Waals surface area contributed by atoms with Crippen molar-refractivity contribution >= 4 is 22.0 Å². The van der Waals surface area contributed by atoms with E-state index in [1.165, 1.54) is 4.31 Å². The number of benzene rings is 1. The van der Waals surface area contributed by atoms with Crippen molar-refractivity contribution < 1.29 is 35.9 Å². The number of carbonyl (C=O) groups excluding carboxylic acids is 2. The maximum Gasteiger partial charge on any atom is 0.416 e. The first-order valence-electron chi connectivity index (χ1n) is 12.1. The SMILES string of the molecule is CCC[C@H](NC(=O)OC(C)(C)C)C(=O)N[C@@H]1CC[C@H]2CN(S(=O)(=O)c3cccc(C(F)(F)F)c3)C[C@H]21. The van der Waals surface area contributed by atoms with Gasteiger partial charge in [-0.1, -0.05) is 19.4 Å². The Balaban J connectivity index is 1.67. The van der Waals surface area contributed by atoms with E-state index < -0.39 is 44.4 Å². The van der Waals surface area contributed by atoms with Gasteiger partial charge in [-0.3, -0.25) is 4.79 Å². The topological polar surface area (TPSA) is 105 Å². The van der Waals surface area contributed by atoms with Gasteiger partial charge in [-0.15, -0.1) is 0 Å². The van der Waals surface area contributed by atoms with Crippen LogP contribution in [-0.4, -0.2) is 55.5 Å². The van der Waals surface area contributed by atoms with Crippen molar-refractivity contribution in [2.75, 3.05) is 13.1 Å². The minimum atomic E-state index is -4.65. The molecule has 1 heterocycles. The van der Waals surface area contributed by atoms with Crippen molar-refractivity contribution in [3.8, 4) is 0 Å². The van der Waals surface area contributed by atoms with E-state index in [-0.39, 0.29) is 36.9 Å². The zero-order valence-corrected chi connectivity index (χ0v) is 21.7. The molecule has 2 fully saturated rings. The number of halogens is 3. The molecule has 1 aromatic rings. The van der Waals surface area contributed by atoms with Gasteiger partial charge in [-0.2, -0.15) is 17.5 Å². The fraction of sp³-hybridized carbons (Fsp3) is 0.667. The van der Waals surface area contributed by atoms with Gasteiger partial charge >= 0.3 is 12.3 Å². The molecule has 0 unspecified atom stereocenters. The van der Waals surface area contributed by atoms with Crippen LogP contribution in [0.5, 0.6) is 0 Å². The Labute approximate surface area is 210 Å². The molecular formula is C24H34F3N3O5S. The number of hydrogen-bond acceptors (Lipinski definition) is 5. The molecule has 0 radical (unpaired) electrons. The van der Waals surface area contributed by atoms with E-state index in [2.05, 4.69) is 10.6 Å². The van der Waals surface area contributed by atoms with E-state index in [1.807, 2.05) is 6.92 Å². The highest BCUT2D eigenvalue weighted by Crippen LogP contribution is 2.41. The van der Waals surface area contributed by atoms with Crippen LogP contribution in [0.15, 0.2) is 29.2 Å². The molecule has 1 saturated heterocycles. The van der Waals surface area contributed by atoms with Crippen LogP contribution in [0.2, 0.25) is 0 Å². The number of nitrogens with one attached hydrogen (secondary N) is 2. The molecule has 8 nitrogen and oxygen atoms in total. The number of alkyl halides is 3. The monoisotopic (exact) mass is 533 g/mol. The summed E-state index contributed by atoms with van der Waals surface area (Å²) >= 11 is 0. The summed E-state index contributed by atoms with van der Waals surface area (Å²) < 4.78 is 72.0. The smallest absolute Gasteiger partial charge is 0.416 e. The molecule has 0 aromatic heterocycles. The first-order valence-corrected chi connectivity index (χ1v) is 13.5. The van der Waals surface area contributed by atoms with Crippen LogP contribution >= 0.6 is 0 Å².